The summed E-state index contributed by atoms with van der Waals surface area (Å²) < 4.78 is 13.6. The predicted molar refractivity (Wildman–Crippen MR) is 62.7 cm³/mol. The van der Waals surface area contributed by atoms with Crippen molar-refractivity contribution in [2.45, 2.75) is 19.5 Å². The summed E-state index contributed by atoms with van der Waals surface area (Å²) in [5.41, 5.74) is 0.747. The highest BCUT2D eigenvalue weighted by Crippen LogP contribution is 2.17. The molecule has 1 unspecified atom stereocenters. The maximum absolute atomic E-state index is 13.2. The number of nitrogens with zero attached hydrogens (tertiary/aromatic N) is 1. The van der Waals surface area contributed by atoms with Gasteiger partial charge >= 0.3 is 5.97 Å². The van der Waals surface area contributed by atoms with Crippen LogP contribution in [-0.4, -0.2) is 29.1 Å². The number of benzene rings is 1. The lowest BCUT2D eigenvalue weighted by molar-refractivity contribution is -0.142. The van der Waals surface area contributed by atoms with Crippen molar-refractivity contribution >= 4 is 21.9 Å². The SMILES string of the molecule is CC(C(=O)O)N(C)Cc1ccc(Br)c(F)c1. The van der Waals surface area contributed by atoms with Gasteiger partial charge in [-0.3, -0.25) is 9.69 Å². The summed E-state index contributed by atoms with van der Waals surface area (Å²) in [7, 11) is 1.69. The summed E-state index contributed by atoms with van der Waals surface area (Å²) >= 11 is 3.07. The Kier molecular flexibility index (Phi) is 4.44. The average molecular weight is 290 g/mol. The molecule has 0 aliphatic carbocycles. The van der Waals surface area contributed by atoms with Crippen LogP contribution in [0.2, 0.25) is 0 Å². The van der Waals surface area contributed by atoms with Crippen molar-refractivity contribution in [1.29, 1.82) is 0 Å². The van der Waals surface area contributed by atoms with Gasteiger partial charge in [0.05, 0.1) is 4.47 Å². The van der Waals surface area contributed by atoms with Gasteiger partial charge in [-0.05, 0) is 47.6 Å². The van der Waals surface area contributed by atoms with Crippen molar-refractivity contribution in [3.63, 3.8) is 0 Å². The van der Waals surface area contributed by atoms with Gasteiger partial charge in [-0.15, -0.1) is 0 Å². The second-order valence-corrected chi connectivity index (χ2v) is 4.53. The van der Waals surface area contributed by atoms with E-state index in [1.165, 1.54) is 6.07 Å². The van der Waals surface area contributed by atoms with Crippen LogP contribution in [0.3, 0.4) is 0 Å². The predicted octanol–water partition coefficient (Wildman–Crippen LogP) is 2.49. The number of halogens is 2. The largest absolute Gasteiger partial charge is 0.480 e. The van der Waals surface area contributed by atoms with E-state index in [0.717, 1.165) is 5.56 Å². The monoisotopic (exact) mass is 289 g/mol. The van der Waals surface area contributed by atoms with E-state index in [1.54, 1.807) is 31.0 Å². The number of hydrogen-bond donors (Lipinski definition) is 1. The quantitative estimate of drug-likeness (QED) is 0.926. The van der Waals surface area contributed by atoms with Gasteiger partial charge in [0, 0.05) is 6.54 Å². The van der Waals surface area contributed by atoms with Crippen LogP contribution in [0.15, 0.2) is 22.7 Å². The fraction of sp³-hybridized carbons (Fsp3) is 0.364. The molecule has 0 aliphatic heterocycles. The molecule has 1 atom stereocenters. The van der Waals surface area contributed by atoms with Gasteiger partial charge in [-0.25, -0.2) is 4.39 Å². The average Bonchev–Trinajstić information content (AvgIpc) is 2.22. The highest BCUT2D eigenvalue weighted by atomic mass is 79.9. The van der Waals surface area contributed by atoms with Crippen LogP contribution in [0.25, 0.3) is 0 Å². The van der Waals surface area contributed by atoms with E-state index in [4.69, 9.17) is 5.11 Å². The van der Waals surface area contributed by atoms with Gasteiger partial charge < -0.3 is 5.11 Å². The molecule has 0 heterocycles. The number of carboxylic acid groups (broad SMARTS) is 1. The molecule has 16 heavy (non-hydrogen) atoms. The number of carbonyl (C=O) groups is 1. The first-order chi connectivity index (χ1) is 7.41. The Morgan fingerprint density at radius 1 is 1.62 bits per heavy atom. The first kappa shape index (κ1) is 13.1. The van der Waals surface area contributed by atoms with Gasteiger partial charge in [0.15, 0.2) is 0 Å². The minimum Gasteiger partial charge on any atom is -0.480 e. The Bertz CT molecular complexity index is 398. The topological polar surface area (TPSA) is 40.5 Å². The van der Waals surface area contributed by atoms with Crippen LogP contribution < -0.4 is 0 Å². The Morgan fingerprint density at radius 2 is 2.25 bits per heavy atom. The highest BCUT2D eigenvalue weighted by Gasteiger charge is 2.16. The van der Waals surface area contributed by atoms with Crippen molar-refractivity contribution in [1.82, 2.24) is 4.90 Å². The highest BCUT2D eigenvalue weighted by molar-refractivity contribution is 9.10. The zero-order valence-electron chi connectivity index (χ0n) is 9.08. The molecule has 0 saturated heterocycles. The molecule has 0 aliphatic rings. The van der Waals surface area contributed by atoms with Crippen molar-refractivity contribution in [3.8, 4) is 0 Å². The summed E-state index contributed by atoms with van der Waals surface area (Å²) in [6.07, 6.45) is 0. The summed E-state index contributed by atoms with van der Waals surface area (Å²) in [6, 6.07) is 4.18. The molecule has 0 radical (unpaired) electrons. The lowest BCUT2D eigenvalue weighted by atomic mass is 10.2. The van der Waals surface area contributed by atoms with Crippen LogP contribution in [0.1, 0.15) is 12.5 Å². The summed E-state index contributed by atoms with van der Waals surface area (Å²) in [4.78, 5) is 12.4. The number of rotatable bonds is 4. The van der Waals surface area contributed by atoms with Crippen LogP contribution in [0, 0.1) is 5.82 Å². The summed E-state index contributed by atoms with van der Waals surface area (Å²) in [5.74, 6) is -1.23. The second kappa shape index (κ2) is 5.41. The van der Waals surface area contributed by atoms with Crippen molar-refractivity contribution in [3.05, 3.63) is 34.1 Å². The molecule has 0 aromatic heterocycles. The minimum absolute atomic E-state index is 0.339. The molecule has 1 aromatic rings. The fourth-order valence-electron chi connectivity index (χ4n) is 1.25. The van der Waals surface area contributed by atoms with E-state index in [9.17, 15) is 9.18 Å². The van der Waals surface area contributed by atoms with E-state index in [1.807, 2.05) is 0 Å². The molecule has 1 N–H and O–H groups in total. The van der Waals surface area contributed by atoms with Gasteiger partial charge in [0.2, 0.25) is 0 Å². The molecule has 3 nitrogen and oxygen atoms in total. The van der Waals surface area contributed by atoms with Gasteiger partial charge in [0.25, 0.3) is 0 Å². The Hall–Kier alpha value is -0.940. The number of carboxylic acids is 1. The van der Waals surface area contributed by atoms with Crippen LogP contribution in [0.5, 0.6) is 0 Å². The fourth-order valence-corrected chi connectivity index (χ4v) is 1.50. The normalized spacial score (nSPS) is 12.8. The lowest BCUT2D eigenvalue weighted by Gasteiger charge is -2.21. The molecule has 0 saturated carbocycles. The lowest BCUT2D eigenvalue weighted by Crippen LogP contribution is -2.35. The number of likely N-dealkylation sites (N-methyl/N-ethyl adjacent to an activating group) is 1. The van der Waals surface area contributed by atoms with Crippen molar-refractivity contribution < 1.29 is 14.3 Å². The maximum Gasteiger partial charge on any atom is 0.320 e. The van der Waals surface area contributed by atoms with Crippen LogP contribution in [0.4, 0.5) is 4.39 Å². The van der Waals surface area contributed by atoms with Gasteiger partial charge in [0.1, 0.15) is 11.9 Å². The zero-order chi connectivity index (χ0) is 12.3. The molecule has 0 bridgehead atoms. The van der Waals surface area contributed by atoms with Crippen LogP contribution in [-0.2, 0) is 11.3 Å². The van der Waals surface area contributed by atoms with Crippen molar-refractivity contribution in [2.24, 2.45) is 0 Å². The zero-order valence-corrected chi connectivity index (χ0v) is 10.7. The number of hydrogen-bond acceptors (Lipinski definition) is 2. The molecule has 88 valence electrons. The second-order valence-electron chi connectivity index (χ2n) is 3.68. The van der Waals surface area contributed by atoms with Gasteiger partial charge in [-0.1, -0.05) is 6.07 Å². The first-order valence-electron chi connectivity index (χ1n) is 4.78. The van der Waals surface area contributed by atoms with E-state index >= 15 is 0 Å². The Morgan fingerprint density at radius 3 is 2.75 bits per heavy atom. The van der Waals surface area contributed by atoms with E-state index in [0.29, 0.717) is 11.0 Å². The summed E-state index contributed by atoms with van der Waals surface area (Å²) in [5, 5.41) is 8.81. The molecular formula is C11H13BrFNO2. The molecule has 0 spiro atoms. The van der Waals surface area contributed by atoms with Crippen molar-refractivity contribution in [2.75, 3.05) is 7.05 Å². The third kappa shape index (κ3) is 3.28. The van der Waals surface area contributed by atoms with Gasteiger partial charge in [-0.2, -0.15) is 0 Å². The Labute approximate surface area is 102 Å². The summed E-state index contributed by atoms with van der Waals surface area (Å²) in [6.45, 7) is 2.00. The third-order valence-electron chi connectivity index (χ3n) is 2.43. The minimum atomic E-state index is -0.889. The molecular weight excluding hydrogens is 277 g/mol. The molecule has 1 rings (SSSR count). The molecule has 5 heteroatoms. The maximum atomic E-state index is 13.2. The smallest absolute Gasteiger partial charge is 0.320 e. The van der Waals surface area contributed by atoms with E-state index in [-0.39, 0.29) is 5.82 Å². The van der Waals surface area contributed by atoms with E-state index in [2.05, 4.69) is 15.9 Å². The first-order valence-corrected chi connectivity index (χ1v) is 5.58. The number of aliphatic carboxylic acids is 1. The molecule has 1 aromatic carbocycles. The molecule has 0 amide bonds. The Balaban J connectivity index is 2.73. The van der Waals surface area contributed by atoms with Crippen LogP contribution >= 0.6 is 15.9 Å². The molecule has 0 fully saturated rings. The standard InChI is InChI=1S/C11H13BrFNO2/c1-7(11(15)16)14(2)6-8-3-4-9(12)10(13)5-8/h3-5,7H,6H2,1-2H3,(H,15,16). The van der Waals surface area contributed by atoms with E-state index < -0.39 is 12.0 Å². The third-order valence-corrected chi connectivity index (χ3v) is 3.08.